The molecule has 0 saturated carbocycles. The minimum atomic E-state index is -3.76. The van der Waals surface area contributed by atoms with E-state index < -0.39 is 15.8 Å². The van der Waals surface area contributed by atoms with E-state index >= 15 is 0 Å². The molecule has 21 heavy (non-hydrogen) atoms. The number of nitrogens with zero attached hydrogens (tertiary/aromatic N) is 2. The molecule has 1 fully saturated rings. The highest BCUT2D eigenvalue weighted by Gasteiger charge is 2.35. The maximum atomic E-state index is 13.3. The molecular weight excluding hydrogens is 293 g/mol. The van der Waals surface area contributed by atoms with Gasteiger partial charge in [0, 0.05) is 19.1 Å². The van der Waals surface area contributed by atoms with Crippen LogP contribution in [0.1, 0.15) is 25.3 Å². The lowest BCUT2D eigenvalue weighted by atomic mass is 9.94. The van der Waals surface area contributed by atoms with Gasteiger partial charge in [0.05, 0.1) is 10.5 Å². The van der Waals surface area contributed by atoms with Crippen LogP contribution in [0, 0.1) is 23.1 Å². The minimum absolute atomic E-state index is 0.0616. The van der Waals surface area contributed by atoms with Crippen LogP contribution in [0.4, 0.5) is 4.39 Å². The Balaban J connectivity index is 2.40. The van der Waals surface area contributed by atoms with Gasteiger partial charge in [-0.2, -0.15) is 9.57 Å². The molecule has 1 saturated heterocycles. The second-order valence-electron chi connectivity index (χ2n) is 5.39. The summed E-state index contributed by atoms with van der Waals surface area (Å²) in [7, 11) is -3.76. The van der Waals surface area contributed by atoms with Gasteiger partial charge in [0.15, 0.2) is 0 Å². The third kappa shape index (κ3) is 3.07. The lowest BCUT2D eigenvalue weighted by molar-refractivity contribution is 0.211. The second kappa shape index (κ2) is 6.10. The molecule has 2 atom stereocenters. The van der Waals surface area contributed by atoms with E-state index in [-0.39, 0.29) is 23.0 Å². The van der Waals surface area contributed by atoms with Crippen LogP contribution in [0.3, 0.4) is 0 Å². The lowest BCUT2D eigenvalue weighted by Crippen LogP contribution is -2.49. The molecule has 0 aromatic heterocycles. The quantitative estimate of drug-likeness (QED) is 0.915. The van der Waals surface area contributed by atoms with Crippen LogP contribution in [0.2, 0.25) is 0 Å². The van der Waals surface area contributed by atoms with Gasteiger partial charge in [-0.25, -0.2) is 12.8 Å². The van der Waals surface area contributed by atoms with Crippen molar-refractivity contribution in [2.45, 2.75) is 30.7 Å². The fourth-order valence-corrected chi connectivity index (χ4v) is 4.33. The number of sulfonamides is 1. The Morgan fingerprint density at radius 2 is 2.24 bits per heavy atom. The van der Waals surface area contributed by atoms with Crippen LogP contribution in [0.25, 0.3) is 0 Å². The molecule has 1 aromatic rings. The van der Waals surface area contributed by atoms with Crippen molar-refractivity contribution in [3.8, 4) is 6.07 Å². The maximum Gasteiger partial charge on any atom is 0.243 e. The molecule has 2 rings (SSSR count). The highest BCUT2D eigenvalue weighted by molar-refractivity contribution is 7.89. The Hall–Kier alpha value is -1.49. The van der Waals surface area contributed by atoms with E-state index in [0.717, 1.165) is 18.6 Å². The molecule has 7 heteroatoms. The predicted octanol–water partition coefficient (Wildman–Crippen LogP) is 1.45. The van der Waals surface area contributed by atoms with E-state index in [4.69, 9.17) is 11.0 Å². The van der Waals surface area contributed by atoms with Crippen LogP contribution in [0.15, 0.2) is 23.1 Å². The first kappa shape index (κ1) is 15.9. The number of halogens is 1. The van der Waals surface area contributed by atoms with E-state index in [9.17, 15) is 12.8 Å². The molecule has 0 spiro atoms. The summed E-state index contributed by atoms with van der Waals surface area (Å²) in [5.74, 6) is -0.299. The van der Waals surface area contributed by atoms with Crippen molar-refractivity contribution < 1.29 is 12.8 Å². The van der Waals surface area contributed by atoms with Crippen LogP contribution < -0.4 is 5.73 Å². The zero-order chi connectivity index (χ0) is 15.6. The van der Waals surface area contributed by atoms with Gasteiger partial charge in [-0.3, -0.25) is 0 Å². The zero-order valence-electron chi connectivity index (χ0n) is 11.8. The fraction of sp³-hybridized carbons (Fsp3) is 0.500. The molecule has 0 aliphatic carbocycles. The third-order valence-corrected chi connectivity index (χ3v) is 5.81. The highest BCUT2D eigenvalue weighted by Crippen LogP contribution is 2.28. The number of piperidine rings is 1. The normalized spacial score (nSPS) is 23.7. The monoisotopic (exact) mass is 311 g/mol. The van der Waals surface area contributed by atoms with Crippen LogP contribution in [-0.2, 0) is 10.0 Å². The first-order chi connectivity index (χ1) is 9.90. The van der Waals surface area contributed by atoms with Gasteiger partial charge in [-0.1, -0.05) is 6.92 Å². The Morgan fingerprint density at radius 1 is 1.52 bits per heavy atom. The van der Waals surface area contributed by atoms with Crippen molar-refractivity contribution in [2.24, 2.45) is 11.7 Å². The van der Waals surface area contributed by atoms with E-state index in [1.54, 1.807) is 6.07 Å². The molecule has 0 amide bonds. The lowest BCUT2D eigenvalue weighted by Gasteiger charge is -2.36. The first-order valence-electron chi connectivity index (χ1n) is 6.81. The summed E-state index contributed by atoms with van der Waals surface area (Å²) in [5.41, 5.74) is 5.42. The van der Waals surface area contributed by atoms with Crippen molar-refractivity contribution in [1.82, 2.24) is 4.31 Å². The molecular formula is C14H18FN3O2S. The summed E-state index contributed by atoms with van der Waals surface area (Å²) in [5, 5.41) is 8.83. The Labute approximate surface area is 124 Å². The molecule has 1 heterocycles. The van der Waals surface area contributed by atoms with Gasteiger partial charge in [0.25, 0.3) is 0 Å². The van der Waals surface area contributed by atoms with Gasteiger partial charge in [0.1, 0.15) is 11.9 Å². The largest absolute Gasteiger partial charge is 0.329 e. The molecule has 2 unspecified atom stereocenters. The average Bonchev–Trinajstić information content (AvgIpc) is 2.47. The fourth-order valence-electron chi connectivity index (χ4n) is 2.65. The predicted molar refractivity (Wildman–Crippen MR) is 76.2 cm³/mol. The summed E-state index contributed by atoms with van der Waals surface area (Å²) >= 11 is 0. The summed E-state index contributed by atoms with van der Waals surface area (Å²) in [4.78, 5) is -0.0616. The minimum Gasteiger partial charge on any atom is -0.329 e. The number of rotatable bonds is 3. The highest BCUT2D eigenvalue weighted by atomic mass is 32.2. The molecule has 114 valence electrons. The molecule has 2 N–H and O–H groups in total. The topological polar surface area (TPSA) is 87.2 Å². The first-order valence-corrected chi connectivity index (χ1v) is 8.25. The van der Waals surface area contributed by atoms with Crippen molar-refractivity contribution in [3.05, 3.63) is 29.6 Å². The Bertz CT molecular complexity index is 669. The summed E-state index contributed by atoms with van der Waals surface area (Å²) < 4.78 is 40.1. The molecule has 0 bridgehead atoms. The summed E-state index contributed by atoms with van der Waals surface area (Å²) in [6, 6.07) is 4.69. The molecule has 0 radical (unpaired) electrons. The number of nitrogens with two attached hydrogens (primary N) is 1. The van der Waals surface area contributed by atoms with Crippen LogP contribution in [0.5, 0.6) is 0 Å². The SMILES string of the molecule is CC1CCN(S(=O)(=O)c2ccc(F)c(C#N)c2)C(CN)C1. The zero-order valence-corrected chi connectivity index (χ0v) is 12.6. The van der Waals surface area contributed by atoms with Gasteiger partial charge < -0.3 is 5.73 Å². The summed E-state index contributed by atoms with van der Waals surface area (Å²) in [6.45, 7) is 2.71. The number of benzene rings is 1. The van der Waals surface area contributed by atoms with E-state index in [1.807, 2.05) is 0 Å². The molecule has 1 aliphatic rings. The summed E-state index contributed by atoms with van der Waals surface area (Å²) in [6.07, 6.45) is 1.48. The molecule has 1 aromatic carbocycles. The third-order valence-electron chi connectivity index (χ3n) is 3.86. The smallest absolute Gasteiger partial charge is 0.243 e. The number of nitriles is 1. The molecule has 5 nitrogen and oxygen atoms in total. The Morgan fingerprint density at radius 3 is 2.86 bits per heavy atom. The molecule has 1 aliphatic heterocycles. The van der Waals surface area contributed by atoms with Crippen LogP contribution >= 0.6 is 0 Å². The van der Waals surface area contributed by atoms with E-state index in [2.05, 4.69) is 6.92 Å². The number of hydrogen-bond acceptors (Lipinski definition) is 4. The Kier molecular flexibility index (Phi) is 4.61. The van der Waals surface area contributed by atoms with E-state index in [0.29, 0.717) is 18.9 Å². The van der Waals surface area contributed by atoms with Crippen molar-refractivity contribution >= 4 is 10.0 Å². The standard InChI is InChI=1S/C14H18FN3O2S/c1-10-4-5-18(12(6-10)9-17)21(19,20)13-2-3-14(15)11(7-13)8-16/h2-3,7,10,12H,4-6,9,17H2,1H3. The van der Waals surface area contributed by atoms with E-state index in [1.165, 1.54) is 10.4 Å². The number of hydrogen-bond donors (Lipinski definition) is 1. The van der Waals surface area contributed by atoms with Gasteiger partial charge in [-0.15, -0.1) is 0 Å². The average molecular weight is 311 g/mol. The van der Waals surface area contributed by atoms with Crippen molar-refractivity contribution in [3.63, 3.8) is 0 Å². The van der Waals surface area contributed by atoms with Gasteiger partial charge in [-0.05, 0) is 37.0 Å². The van der Waals surface area contributed by atoms with Crippen molar-refractivity contribution in [2.75, 3.05) is 13.1 Å². The van der Waals surface area contributed by atoms with Crippen LogP contribution in [-0.4, -0.2) is 31.9 Å². The van der Waals surface area contributed by atoms with Gasteiger partial charge >= 0.3 is 0 Å². The van der Waals surface area contributed by atoms with Crippen molar-refractivity contribution in [1.29, 1.82) is 5.26 Å². The van der Waals surface area contributed by atoms with Gasteiger partial charge in [0.2, 0.25) is 10.0 Å². The maximum absolute atomic E-state index is 13.3. The second-order valence-corrected chi connectivity index (χ2v) is 7.28.